The van der Waals surface area contributed by atoms with Crippen LogP contribution in [0.2, 0.25) is 5.02 Å². The Morgan fingerprint density at radius 3 is 2.58 bits per heavy atom. The van der Waals surface area contributed by atoms with Crippen molar-refractivity contribution in [3.8, 4) is 11.5 Å². The number of likely N-dealkylation sites (N-methyl/N-ethyl adjacent to an activating group) is 1. The van der Waals surface area contributed by atoms with E-state index in [1.54, 1.807) is 30.1 Å². The van der Waals surface area contributed by atoms with Crippen LogP contribution in [-0.2, 0) is 6.42 Å². The number of benzene rings is 2. The normalized spacial score (nSPS) is 10.6. The summed E-state index contributed by atoms with van der Waals surface area (Å²) in [6.45, 7) is 0.495. The minimum atomic E-state index is -0.0366. The van der Waals surface area contributed by atoms with Crippen LogP contribution in [0.15, 0.2) is 59.1 Å². The Labute approximate surface area is 144 Å². The van der Waals surface area contributed by atoms with Crippen LogP contribution in [0.25, 0.3) is 11.5 Å². The zero-order valence-corrected chi connectivity index (χ0v) is 13.9. The molecule has 2 aromatic carbocycles. The summed E-state index contributed by atoms with van der Waals surface area (Å²) in [4.78, 5) is 18.3. The predicted octanol–water partition coefficient (Wildman–Crippen LogP) is 3.70. The van der Waals surface area contributed by atoms with Crippen LogP contribution in [0.4, 0.5) is 0 Å². The summed E-state index contributed by atoms with van der Waals surface area (Å²) >= 11 is 6.12. The molecule has 0 unspecified atom stereocenters. The van der Waals surface area contributed by atoms with Gasteiger partial charge in [0, 0.05) is 25.6 Å². The molecule has 0 aliphatic heterocycles. The first kappa shape index (κ1) is 16.2. The number of hydrogen-bond donors (Lipinski definition) is 0. The van der Waals surface area contributed by atoms with E-state index in [0.717, 1.165) is 0 Å². The summed E-state index contributed by atoms with van der Waals surface area (Å²) in [6, 6.07) is 16.5. The van der Waals surface area contributed by atoms with Gasteiger partial charge in [0.25, 0.3) is 11.8 Å². The number of hydrogen-bond acceptors (Lipinski definition) is 4. The summed E-state index contributed by atoms with van der Waals surface area (Å²) in [7, 11) is 1.75. The Kier molecular flexibility index (Phi) is 4.91. The summed E-state index contributed by atoms with van der Waals surface area (Å²) in [6.07, 6.45) is 0.503. The SMILES string of the molecule is CN(CCc1noc(-c2ccccc2Cl)n1)C(=O)c1ccccc1. The monoisotopic (exact) mass is 341 g/mol. The molecule has 0 radical (unpaired) electrons. The molecule has 3 aromatic rings. The highest BCUT2D eigenvalue weighted by Gasteiger charge is 2.14. The highest BCUT2D eigenvalue weighted by Crippen LogP contribution is 2.25. The zero-order chi connectivity index (χ0) is 16.9. The molecule has 0 spiro atoms. The number of rotatable bonds is 5. The van der Waals surface area contributed by atoms with Gasteiger partial charge >= 0.3 is 0 Å². The fourth-order valence-electron chi connectivity index (χ4n) is 2.27. The first-order valence-corrected chi connectivity index (χ1v) is 7.91. The van der Waals surface area contributed by atoms with Gasteiger partial charge in [-0.25, -0.2) is 0 Å². The Bertz CT molecular complexity index is 833. The molecule has 1 aromatic heterocycles. The van der Waals surface area contributed by atoms with Gasteiger partial charge in [-0.15, -0.1) is 0 Å². The fourth-order valence-corrected chi connectivity index (χ4v) is 2.49. The lowest BCUT2D eigenvalue weighted by Gasteiger charge is -2.15. The third kappa shape index (κ3) is 3.63. The van der Waals surface area contributed by atoms with E-state index in [2.05, 4.69) is 10.1 Å². The van der Waals surface area contributed by atoms with Crippen LogP contribution in [-0.4, -0.2) is 34.5 Å². The maximum absolute atomic E-state index is 12.3. The number of halogens is 1. The smallest absolute Gasteiger partial charge is 0.259 e. The molecule has 0 saturated heterocycles. The quantitative estimate of drug-likeness (QED) is 0.710. The van der Waals surface area contributed by atoms with Crippen molar-refractivity contribution in [3.63, 3.8) is 0 Å². The summed E-state index contributed by atoms with van der Waals surface area (Å²) < 4.78 is 5.26. The second kappa shape index (κ2) is 7.27. The summed E-state index contributed by atoms with van der Waals surface area (Å²) in [5, 5.41) is 4.51. The minimum Gasteiger partial charge on any atom is -0.341 e. The van der Waals surface area contributed by atoms with Crippen LogP contribution >= 0.6 is 11.6 Å². The van der Waals surface area contributed by atoms with E-state index in [-0.39, 0.29) is 5.91 Å². The molecule has 0 bridgehead atoms. The molecule has 0 saturated carbocycles. The Hall–Kier alpha value is -2.66. The average Bonchev–Trinajstić information content (AvgIpc) is 3.09. The highest BCUT2D eigenvalue weighted by molar-refractivity contribution is 6.33. The third-order valence-electron chi connectivity index (χ3n) is 3.61. The Balaban J connectivity index is 1.63. The zero-order valence-electron chi connectivity index (χ0n) is 13.1. The Morgan fingerprint density at radius 1 is 1.12 bits per heavy atom. The van der Waals surface area contributed by atoms with E-state index < -0.39 is 0 Å². The molecule has 6 heteroatoms. The largest absolute Gasteiger partial charge is 0.341 e. The molecule has 0 fully saturated rings. The van der Waals surface area contributed by atoms with Crippen molar-refractivity contribution in [1.29, 1.82) is 0 Å². The minimum absolute atomic E-state index is 0.0366. The van der Waals surface area contributed by atoms with Gasteiger partial charge in [-0.3, -0.25) is 4.79 Å². The second-order valence-corrected chi connectivity index (χ2v) is 5.75. The molecule has 24 heavy (non-hydrogen) atoms. The molecular weight excluding hydrogens is 326 g/mol. The van der Waals surface area contributed by atoms with Crippen LogP contribution in [0.3, 0.4) is 0 Å². The Morgan fingerprint density at radius 2 is 1.83 bits per heavy atom. The maximum Gasteiger partial charge on any atom is 0.259 e. The van der Waals surface area contributed by atoms with Crippen molar-refractivity contribution in [2.24, 2.45) is 0 Å². The molecule has 1 heterocycles. The number of nitrogens with zero attached hydrogens (tertiary/aromatic N) is 3. The van der Waals surface area contributed by atoms with Crippen molar-refractivity contribution >= 4 is 17.5 Å². The molecule has 0 atom stereocenters. The van der Waals surface area contributed by atoms with E-state index in [4.69, 9.17) is 16.1 Å². The summed E-state index contributed by atoms with van der Waals surface area (Å²) in [5.74, 6) is 0.885. The highest BCUT2D eigenvalue weighted by atomic mass is 35.5. The number of aromatic nitrogens is 2. The van der Waals surface area contributed by atoms with Crippen molar-refractivity contribution < 1.29 is 9.32 Å². The van der Waals surface area contributed by atoms with Crippen molar-refractivity contribution in [2.75, 3.05) is 13.6 Å². The number of carbonyl (C=O) groups excluding carboxylic acids is 1. The number of carbonyl (C=O) groups is 1. The van der Waals surface area contributed by atoms with Gasteiger partial charge in [0.1, 0.15) is 0 Å². The molecule has 122 valence electrons. The van der Waals surface area contributed by atoms with Crippen molar-refractivity contribution in [2.45, 2.75) is 6.42 Å². The first-order chi connectivity index (χ1) is 11.6. The van der Waals surface area contributed by atoms with E-state index in [0.29, 0.717) is 40.8 Å². The first-order valence-electron chi connectivity index (χ1n) is 7.53. The molecule has 3 rings (SSSR count). The second-order valence-electron chi connectivity index (χ2n) is 5.34. The lowest BCUT2D eigenvalue weighted by atomic mass is 10.2. The predicted molar refractivity (Wildman–Crippen MR) is 91.9 cm³/mol. The molecule has 0 N–H and O–H groups in total. The third-order valence-corrected chi connectivity index (χ3v) is 3.94. The lowest BCUT2D eigenvalue weighted by Crippen LogP contribution is -2.29. The maximum atomic E-state index is 12.3. The van der Waals surface area contributed by atoms with E-state index in [1.807, 2.05) is 36.4 Å². The van der Waals surface area contributed by atoms with Gasteiger partial charge in [-0.2, -0.15) is 4.98 Å². The van der Waals surface area contributed by atoms with Gasteiger partial charge in [0.15, 0.2) is 5.82 Å². The van der Waals surface area contributed by atoms with Gasteiger partial charge in [-0.05, 0) is 24.3 Å². The van der Waals surface area contributed by atoms with Gasteiger partial charge < -0.3 is 9.42 Å². The molecular formula is C18H16ClN3O2. The molecule has 1 amide bonds. The lowest BCUT2D eigenvalue weighted by molar-refractivity contribution is 0.0796. The average molecular weight is 342 g/mol. The van der Waals surface area contributed by atoms with E-state index >= 15 is 0 Å². The standard InChI is InChI=1S/C18H16ClN3O2/c1-22(18(23)13-7-3-2-4-8-13)12-11-16-20-17(24-21-16)14-9-5-6-10-15(14)19/h2-10H,11-12H2,1H3. The fraction of sp³-hybridized carbons (Fsp3) is 0.167. The van der Waals surface area contributed by atoms with E-state index in [9.17, 15) is 4.79 Å². The summed E-state index contributed by atoms with van der Waals surface area (Å²) in [5.41, 5.74) is 1.36. The number of amides is 1. The van der Waals surface area contributed by atoms with E-state index in [1.165, 1.54) is 0 Å². The van der Waals surface area contributed by atoms with Crippen LogP contribution in [0.5, 0.6) is 0 Å². The van der Waals surface area contributed by atoms with Gasteiger partial charge in [0.05, 0.1) is 10.6 Å². The van der Waals surface area contributed by atoms with Crippen LogP contribution in [0, 0.1) is 0 Å². The molecule has 0 aliphatic carbocycles. The van der Waals surface area contributed by atoms with Crippen molar-refractivity contribution in [1.82, 2.24) is 15.0 Å². The molecule has 5 nitrogen and oxygen atoms in total. The topological polar surface area (TPSA) is 59.2 Å². The van der Waals surface area contributed by atoms with Gasteiger partial charge in [0.2, 0.25) is 0 Å². The van der Waals surface area contributed by atoms with Crippen LogP contribution in [0.1, 0.15) is 16.2 Å². The van der Waals surface area contributed by atoms with Crippen LogP contribution < -0.4 is 0 Å². The van der Waals surface area contributed by atoms with Crippen molar-refractivity contribution in [3.05, 3.63) is 71.0 Å². The van der Waals surface area contributed by atoms with Gasteiger partial charge in [-0.1, -0.05) is 47.1 Å². The molecule has 0 aliphatic rings.